The molecule has 596 valence electrons. The third kappa shape index (κ3) is 23.8. The van der Waals surface area contributed by atoms with Gasteiger partial charge >= 0.3 is 0 Å². The van der Waals surface area contributed by atoms with E-state index in [9.17, 15) is 0 Å². The van der Waals surface area contributed by atoms with Crippen LogP contribution in [0.25, 0.3) is 89.5 Å². The van der Waals surface area contributed by atoms with Gasteiger partial charge in [0.25, 0.3) is 0 Å². The molecular weight excluding hydrogens is 1380 g/mol. The number of aromatic nitrogens is 4. The summed E-state index contributed by atoms with van der Waals surface area (Å²) in [6, 6.07) is 64.7. The fraction of sp³-hybridized carbons (Fsp3) is 0.382. The highest BCUT2D eigenvalue weighted by Crippen LogP contribution is 2.39. The second-order valence-electron chi connectivity index (χ2n) is 37.0. The van der Waals surface area contributed by atoms with Gasteiger partial charge in [-0.25, -0.2) is 18.3 Å². The van der Waals surface area contributed by atoms with Crippen LogP contribution in [-0.2, 0) is 66.6 Å². The van der Waals surface area contributed by atoms with Gasteiger partial charge in [0.05, 0.1) is 0 Å². The molecule has 0 saturated carbocycles. The van der Waals surface area contributed by atoms with Gasteiger partial charge < -0.3 is 0 Å². The predicted octanol–water partition coefficient (Wildman–Crippen LogP) is 27.2. The molecular formula is C110H140N4+4. The van der Waals surface area contributed by atoms with Crippen molar-refractivity contribution in [2.75, 3.05) is 0 Å². The standard InChI is InChI=1S/C30H40N.C29H38N.C26H32N.C25H30N/c1-21-15-22(2)27(17-26(21)23-13-11-10-12-14-23)28-16-24(18-29(3,4)5)25(20-31(28)9)19-30(6,7)8;1-20(2)14-25-19-30(8)28(16-24(25)18-29(5,6)7)27-17-26(21(3)15-22(27)4)23-12-10-9-11-13-23;1-18-13-19(2)24(15-23(18)21-11-9-8-10-12-21)25-14-22(16-26(4,5)6)20(3)17-27(25)7;1-17(2)12-22-16-26(6)25(14-18(22)3)24-15-23(19(4)13-20(24)5)21-10-8-7-9-11-21/h10-17,20H,18-19H2,1-9H3;9-13,15-17,19-20H,14,18H2,1-8H3;8-15,17H,16H2,1-7H3;7-11,13-17H,12H2,1-6H3/q4*+1/i;3D3,14D2,18D2;1D3,3D3,16D2;. The van der Waals surface area contributed by atoms with Crippen molar-refractivity contribution in [3.63, 3.8) is 0 Å². The second-order valence-corrected chi connectivity index (χ2v) is 37.0. The van der Waals surface area contributed by atoms with E-state index in [1.165, 1.54) is 95.5 Å². The highest BCUT2D eigenvalue weighted by molar-refractivity contribution is 5.80. The van der Waals surface area contributed by atoms with Crippen LogP contribution in [0.5, 0.6) is 0 Å². The maximum Gasteiger partial charge on any atom is 0.212 e. The van der Waals surface area contributed by atoms with Crippen LogP contribution < -0.4 is 18.3 Å². The van der Waals surface area contributed by atoms with E-state index in [-0.39, 0.29) is 39.0 Å². The molecule has 0 spiro atoms. The van der Waals surface area contributed by atoms with E-state index >= 15 is 0 Å². The van der Waals surface area contributed by atoms with E-state index in [0.717, 1.165) is 41.5 Å². The first kappa shape index (κ1) is 68.7. The summed E-state index contributed by atoms with van der Waals surface area (Å²) in [5.41, 5.74) is 28.5. The number of benzene rings is 8. The van der Waals surface area contributed by atoms with Gasteiger partial charge in [-0.2, -0.15) is 0 Å². The lowest BCUT2D eigenvalue weighted by Crippen LogP contribution is -2.33. The lowest BCUT2D eigenvalue weighted by molar-refractivity contribution is -0.661. The first-order chi connectivity index (χ1) is 59.4. The lowest BCUT2D eigenvalue weighted by Gasteiger charge is -2.24. The van der Waals surface area contributed by atoms with Crippen molar-refractivity contribution >= 4 is 0 Å². The van der Waals surface area contributed by atoms with Crippen LogP contribution in [0, 0.1) is 103 Å². The van der Waals surface area contributed by atoms with Gasteiger partial charge in [-0.05, 0) is 276 Å². The van der Waals surface area contributed by atoms with Gasteiger partial charge in [-0.15, -0.1) is 0 Å². The monoisotopic (exact) mass is 1530 g/mol. The van der Waals surface area contributed by atoms with Crippen molar-refractivity contribution in [3.8, 4) is 89.5 Å². The van der Waals surface area contributed by atoms with Gasteiger partial charge in [-0.1, -0.05) is 256 Å². The molecule has 4 aromatic heterocycles. The average molecular weight is 1530 g/mol. The topological polar surface area (TPSA) is 15.5 Å². The van der Waals surface area contributed by atoms with Gasteiger partial charge in [0.2, 0.25) is 22.8 Å². The van der Waals surface area contributed by atoms with E-state index < -0.39 is 50.5 Å². The molecule has 0 fully saturated rings. The van der Waals surface area contributed by atoms with Crippen LogP contribution in [-0.4, -0.2) is 0 Å². The first-order valence-electron chi connectivity index (χ1n) is 48.2. The Morgan fingerprint density at radius 2 is 0.561 bits per heavy atom. The summed E-state index contributed by atoms with van der Waals surface area (Å²) in [7, 11) is 7.91. The number of pyridine rings is 4. The van der Waals surface area contributed by atoms with Crippen LogP contribution in [0.3, 0.4) is 0 Å². The summed E-state index contributed by atoms with van der Waals surface area (Å²) < 4.78 is 134. The molecule has 0 aliphatic heterocycles. The van der Waals surface area contributed by atoms with Crippen LogP contribution in [0.1, 0.15) is 220 Å². The molecule has 0 unspecified atom stereocenters. The molecule has 0 radical (unpaired) electrons. The molecule has 4 heteroatoms. The van der Waals surface area contributed by atoms with Crippen LogP contribution in [0.4, 0.5) is 0 Å². The summed E-state index contributed by atoms with van der Waals surface area (Å²) in [4.78, 5) is 0. The highest BCUT2D eigenvalue weighted by Gasteiger charge is 2.28. The molecule has 0 saturated heterocycles. The molecule has 8 aromatic carbocycles. The normalized spacial score (nSPS) is 14.4. The van der Waals surface area contributed by atoms with E-state index in [4.69, 9.17) is 20.6 Å². The van der Waals surface area contributed by atoms with Gasteiger partial charge in [0.1, 0.15) is 28.2 Å². The van der Waals surface area contributed by atoms with E-state index in [1.807, 2.05) is 119 Å². The average Bonchev–Trinajstić information content (AvgIpc) is 0.740. The Kier molecular flexibility index (Phi) is 22.5. The Hall–Kier alpha value is -9.64. The Labute approximate surface area is 712 Å². The number of hydrogen-bond donors (Lipinski definition) is 0. The van der Waals surface area contributed by atoms with Gasteiger partial charge in [-0.3, -0.25) is 0 Å². The van der Waals surface area contributed by atoms with E-state index in [2.05, 4.69) is 223 Å². The summed E-state index contributed by atoms with van der Waals surface area (Å²) in [5.74, 6) is 0.309. The zero-order valence-corrected chi connectivity index (χ0v) is 73.8. The fourth-order valence-corrected chi connectivity index (χ4v) is 15.3. The minimum Gasteiger partial charge on any atom is -0.201 e. The Morgan fingerprint density at radius 3 is 0.904 bits per heavy atom. The van der Waals surface area contributed by atoms with Crippen LogP contribution >= 0.6 is 0 Å². The fourth-order valence-electron chi connectivity index (χ4n) is 15.3. The molecule has 114 heavy (non-hydrogen) atoms. The van der Waals surface area contributed by atoms with Gasteiger partial charge in [0.15, 0.2) is 24.8 Å². The number of rotatable bonds is 16. The quantitative estimate of drug-likeness (QED) is 0.0857. The zero-order valence-electron chi connectivity index (χ0n) is 88.8. The van der Waals surface area contributed by atoms with Gasteiger partial charge in [0, 0.05) is 89.3 Å². The number of hydrogen-bond acceptors (Lipinski definition) is 0. The number of aryl methyl sites for hydroxylation is 14. The van der Waals surface area contributed by atoms with Crippen molar-refractivity contribution in [1.29, 1.82) is 0 Å². The van der Waals surface area contributed by atoms with Crippen LogP contribution in [0.15, 0.2) is 219 Å². The molecule has 0 atom stereocenters. The molecule has 0 aliphatic rings. The molecule has 0 bridgehead atoms. The summed E-state index contributed by atoms with van der Waals surface area (Å²) >= 11 is 0. The minimum absolute atomic E-state index is 0.0382. The van der Waals surface area contributed by atoms with Crippen molar-refractivity contribution in [2.45, 2.75) is 218 Å². The smallest absolute Gasteiger partial charge is 0.201 e. The second kappa shape index (κ2) is 37.3. The minimum atomic E-state index is -2.50. The maximum absolute atomic E-state index is 9.07. The Balaban J connectivity index is 0.000000195. The number of nitrogens with zero attached hydrogens (tertiary/aromatic N) is 4. The highest BCUT2D eigenvalue weighted by atomic mass is 14.9. The third-order valence-corrected chi connectivity index (χ3v) is 20.4. The van der Waals surface area contributed by atoms with E-state index in [0.29, 0.717) is 50.7 Å². The van der Waals surface area contributed by atoms with Crippen molar-refractivity contribution < 1.29 is 38.8 Å². The Bertz CT molecular complexity index is 5970. The molecule has 4 heterocycles. The molecule has 12 aromatic rings. The predicted molar refractivity (Wildman–Crippen MR) is 491 cm³/mol. The zero-order chi connectivity index (χ0) is 96.5. The summed E-state index contributed by atoms with van der Waals surface area (Å²) in [5, 5.41) is 0. The molecule has 12 rings (SSSR count). The largest absolute Gasteiger partial charge is 0.212 e. The SMILES string of the molecule is Cc1cc(-c2cc(-c3ccccc3)c(C)cc2C)[n+](C)cc1CC(C)C.Cc1cc(C)c(-c2cc(CC(C)(C)C)c(CC(C)(C)C)c[n+]2C)cc1-c1ccccc1.[2H]C([2H])([2H])c1cc(C)c(-c2cc(C([2H])([2H])C(C)(C)C)c(C([2H])([2H])C(C)C)c[n+]2C)cc1-c1ccccc1.[2H]C([2H])([2H])c1cc(C)c(-c2cc(C([2H])([2H])C(C)(C)C)c(C([2H])([2H])[2H])c[n+]2C)cc1-c1ccccc1. The molecule has 0 N–H and O–H groups in total. The summed E-state index contributed by atoms with van der Waals surface area (Å²) in [6.45, 7) is 40.5. The summed E-state index contributed by atoms with van der Waals surface area (Å²) in [6.07, 6.45) is 5.65. The Morgan fingerprint density at radius 1 is 0.272 bits per heavy atom. The van der Waals surface area contributed by atoms with Crippen molar-refractivity contribution in [1.82, 2.24) is 0 Å². The van der Waals surface area contributed by atoms with Crippen molar-refractivity contribution in [2.24, 2.45) is 61.7 Å². The first-order valence-corrected chi connectivity index (χ1v) is 40.7. The third-order valence-electron chi connectivity index (χ3n) is 20.4. The van der Waals surface area contributed by atoms with Crippen LogP contribution in [0.2, 0.25) is 0 Å². The van der Waals surface area contributed by atoms with E-state index in [1.54, 1.807) is 76.7 Å². The maximum atomic E-state index is 9.07. The molecule has 0 aliphatic carbocycles. The van der Waals surface area contributed by atoms with Crippen molar-refractivity contribution in [3.05, 3.63) is 308 Å². The molecule has 0 amide bonds. The molecule has 4 nitrogen and oxygen atoms in total. The lowest BCUT2D eigenvalue weighted by atomic mass is 9.81.